The van der Waals surface area contributed by atoms with Crippen LogP contribution < -0.4 is 10.6 Å². The minimum absolute atomic E-state index is 0.150. The van der Waals surface area contributed by atoms with Crippen LogP contribution in [0.1, 0.15) is 39.0 Å². The Labute approximate surface area is 113 Å². The number of carbonyl (C=O) groups is 1. The van der Waals surface area contributed by atoms with Gasteiger partial charge in [-0.25, -0.2) is 9.48 Å². The van der Waals surface area contributed by atoms with Gasteiger partial charge in [-0.15, -0.1) is 0 Å². The second-order valence-corrected chi connectivity index (χ2v) is 4.82. The van der Waals surface area contributed by atoms with Crippen LogP contribution in [0.4, 0.5) is 10.5 Å². The van der Waals surface area contributed by atoms with Crippen LogP contribution in [0, 0.1) is 0 Å². The van der Waals surface area contributed by atoms with Crippen molar-refractivity contribution in [2.45, 2.75) is 51.8 Å². The summed E-state index contributed by atoms with van der Waals surface area (Å²) in [6, 6.07) is 0.162. The molecular formula is C13H22N4O2. The largest absolute Gasteiger partial charge is 0.360 e. The van der Waals surface area contributed by atoms with Crippen molar-refractivity contribution in [2.75, 3.05) is 11.9 Å². The molecule has 0 aromatic carbocycles. The number of rotatable bonds is 5. The molecule has 2 rings (SSSR count). The molecule has 2 amide bonds. The van der Waals surface area contributed by atoms with Gasteiger partial charge < -0.3 is 15.4 Å². The molecule has 19 heavy (non-hydrogen) atoms. The maximum absolute atomic E-state index is 11.8. The van der Waals surface area contributed by atoms with E-state index in [1.165, 1.54) is 19.3 Å². The molecule has 0 spiro atoms. The number of carbonyl (C=O) groups excluding carboxylic acids is 1. The van der Waals surface area contributed by atoms with Gasteiger partial charge in [-0.05, 0) is 19.8 Å². The summed E-state index contributed by atoms with van der Waals surface area (Å²) in [5.41, 5.74) is 0.688. The lowest BCUT2D eigenvalue weighted by Crippen LogP contribution is -2.38. The number of hydrogen-bond acceptors (Lipinski definition) is 3. The van der Waals surface area contributed by atoms with Crippen molar-refractivity contribution in [3.8, 4) is 0 Å². The standard InChI is InChI=1S/C13H22N4O2/c1-2-19-10-17-9-12(8-14-17)16-13(18)15-11-6-4-3-5-7-11/h8-9,11H,2-7,10H2,1H3,(H2,15,16,18). The molecule has 6 heteroatoms. The van der Waals surface area contributed by atoms with Crippen LogP contribution in [-0.4, -0.2) is 28.5 Å². The van der Waals surface area contributed by atoms with Gasteiger partial charge in [0.1, 0.15) is 6.73 Å². The Balaban J connectivity index is 1.76. The Hall–Kier alpha value is -1.56. The number of hydrogen-bond donors (Lipinski definition) is 2. The molecule has 1 saturated carbocycles. The van der Waals surface area contributed by atoms with Crippen LogP contribution in [-0.2, 0) is 11.5 Å². The van der Waals surface area contributed by atoms with E-state index >= 15 is 0 Å². The molecule has 2 N–H and O–H groups in total. The number of nitrogens with one attached hydrogen (secondary N) is 2. The van der Waals surface area contributed by atoms with E-state index in [2.05, 4.69) is 15.7 Å². The van der Waals surface area contributed by atoms with Crippen LogP contribution in [0.25, 0.3) is 0 Å². The molecule has 1 fully saturated rings. The van der Waals surface area contributed by atoms with Gasteiger partial charge in [-0.1, -0.05) is 19.3 Å². The summed E-state index contributed by atoms with van der Waals surface area (Å²) in [4.78, 5) is 11.8. The fourth-order valence-electron chi connectivity index (χ4n) is 2.28. The van der Waals surface area contributed by atoms with E-state index < -0.39 is 0 Å². The van der Waals surface area contributed by atoms with Gasteiger partial charge in [-0.3, -0.25) is 0 Å². The van der Waals surface area contributed by atoms with Crippen molar-refractivity contribution in [1.82, 2.24) is 15.1 Å². The number of amides is 2. The third-order valence-corrected chi connectivity index (χ3v) is 3.26. The van der Waals surface area contributed by atoms with E-state index in [9.17, 15) is 4.79 Å². The lowest BCUT2D eigenvalue weighted by molar-refractivity contribution is 0.0792. The van der Waals surface area contributed by atoms with Gasteiger partial charge in [0.05, 0.1) is 18.1 Å². The minimum Gasteiger partial charge on any atom is -0.360 e. The smallest absolute Gasteiger partial charge is 0.319 e. The number of anilines is 1. The van der Waals surface area contributed by atoms with Crippen molar-refractivity contribution in [1.29, 1.82) is 0 Å². The van der Waals surface area contributed by atoms with E-state index in [0.29, 0.717) is 25.1 Å². The predicted molar refractivity (Wildman–Crippen MR) is 72.9 cm³/mol. The molecule has 0 bridgehead atoms. The molecule has 1 aliphatic carbocycles. The summed E-state index contributed by atoms with van der Waals surface area (Å²) in [6.45, 7) is 2.98. The molecule has 106 valence electrons. The minimum atomic E-state index is -0.150. The van der Waals surface area contributed by atoms with Crippen molar-refractivity contribution < 1.29 is 9.53 Å². The SMILES string of the molecule is CCOCn1cc(NC(=O)NC2CCCCC2)cn1. The summed E-state index contributed by atoms with van der Waals surface area (Å²) in [6.07, 6.45) is 9.24. The number of ether oxygens (including phenoxy) is 1. The van der Waals surface area contributed by atoms with Crippen LogP contribution in [0.15, 0.2) is 12.4 Å². The van der Waals surface area contributed by atoms with E-state index in [1.54, 1.807) is 17.1 Å². The van der Waals surface area contributed by atoms with Gasteiger partial charge in [0, 0.05) is 12.6 Å². The average molecular weight is 266 g/mol. The van der Waals surface area contributed by atoms with Crippen molar-refractivity contribution in [3.63, 3.8) is 0 Å². The summed E-state index contributed by atoms with van der Waals surface area (Å²) >= 11 is 0. The molecule has 1 aliphatic rings. The highest BCUT2D eigenvalue weighted by Crippen LogP contribution is 2.17. The zero-order chi connectivity index (χ0) is 13.5. The second-order valence-electron chi connectivity index (χ2n) is 4.82. The van der Waals surface area contributed by atoms with Gasteiger partial charge >= 0.3 is 6.03 Å². The summed E-state index contributed by atoms with van der Waals surface area (Å²) < 4.78 is 6.88. The first-order valence-electron chi connectivity index (χ1n) is 6.95. The monoisotopic (exact) mass is 266 g/mol. The highest BCUT2D eigenvalue weighted by molar-refractivity contribution is 5.89. The van der Waals surface area contributed by atoms with Crippen LogP contribution >= 0.6 is 0 Å². The molecule has 1 aromatic heterocycles. The first kappa shape index (κ1) is 13.9. The van der Waals surface area contributed by atoms with Crippen LogP contribution in [0.2, 0.25) is 0 Å². The zero-order valence-electron chi connectivity index (χ0n) is 11.4. The van der Waals surface area contributed by atoms with Crippen LogP contribution in [0.5, 0.6) is 0 Å². The number of urea groups is 1. The molecule has 1 heterocycles. The number of nitrogens with zero attached hydrogens (tertiary/aromatic N) is 2. The molecule has 1 aromatic rings. The van der Waals surface area contributed by atoms with Crippen LogP contribution in [0.3, 0.4) is 0 Å². The first-order chi connectivity index (χ1) is 9.28. The first-order valence-corrected chi connectivity index (χ1v) is 6.95. The maximum atomic E-state index is 11.8. The lowest BCUT2D eigenvalue weighted by Gasteiger charge is -2.22. The predicted octanol–water partition coefficient (Wildman–Crippen LogP) is 2.33. The molecule has 0 atom stereocenters. The fourth-order valence-corrected chi connectivity index (χ4v) is 2.28. The van der Waals surface area contributed by atoms with E-state index in [1.807, 2.05) is 6.92 Å². The van der Waals surface area contributed by atoms with Crippen molar-refractivity contribution in [2.24, 2.45) is 0 Å². The van der Waals surface area contributed by atoms with E-state index in [-0.39, 0.29) is 6.03 Å². The third-order valence-electron chi connectivity index (χ3n) is 3.26. The van der Waals surface area contributed by atoms with Gasteiger partial charge in [0.2, 0.25) is 0 Å². The normalized spacial score (nSPS) is 16.3. The third kappa shape index (κ3) is 4.55. The van der Waals surface area contributed by atoms with Gasteiger partial charge in [0.25, 0.3) is 0 Å². The van der Waals surface area contributed by atoms with Gasteiger partial charge in [-0.2, -0.15) is 5.10 Å². The highest BCUT2D eigenvalue weighted by atomic mass is 16.5. The zero-order valence-corrected chi connectivity index (χ0v) is 11.4. The van der Waals surface area contributed by atoms with Crippen molar-refractivity contribution in [3.05, 3.63) is 12.4 Å². The summed E-state index contributed by atoms with van der Waals surface area (Å²) in [5.74, 6) is 0. The Morgan fingerprint density at radius 1 is 1.47 bits per heavy atom. The topological polar surface area (TPSA) is 68.2 Å². The lowest BCUT2D eigenvalue weighted by atomic mass is 9.96. The highest BCUT2D eigenvalue weighted by Gasteiger charge is 2.15. The van der Waals surface area contributed by atoms with E-state index in [0.717, 1.165) is 12.8 Å². The molecule has 0 aliphatic heterocycles. The molecule has 0 unspecified atom stereocenters. The average Bonchev–Trinajstić information content (AvgIpc) is 2.85. The quantitative estimate of drug-likeness (QED) is 0.859. The summed E-state index contributed by atoms with van der Waals surface area (Å²) in [5, 5.41) is 9.90. The second kappa shape index (κ2) is 7.13. The molecule has 0 saturated heterocycles. The van der Waals surface area contributed by atoms with Gasteiger partial charge in [0.15, 0.2) is 0 Å². The fraction of sp³-hybridized carbons (Fsp3) is 0.692. The van der Waals surface area contributed by atoms with Crippen molar-refractivity contribution >= 4 is 11.7 Å². The Bertz CT molecular complexity index is 399. The van der Waals surface area contributed by atoms with E-state index in [4.69, 9.17) is 4.74 Å². The maximum Gasteiger partial charge on any atom is 0.319 e. The Morgan fingerprint density at radius 3 is 3.00 bits per heavy atom. The summed E-state index contributed by atoms with van der Waals surface area (Å²) in [7, 11) is 0. The number of aromatic nitrogens is 2. The molecular weight excluding hydrogens is 244 g/mol. The molecule has 0 radical (unpaired) electrons. The Kier molecular flexibility index (Phi) is 5.20. The Morgan fingerprint density at radius 2 is 2.26 bits per heavy atom. The molecule has 6 nitrogen and oxygen atoms in total.